The summed E-state index contributed by atoms with van der Waals surface area (Å²) in [5, 5.41) is 7.09. The molecule has 0 fully saturated rings. The van der Waals surface area contributed by atoms with Crippen LogP contribution in [0, 0.1) is 0 Å². The van der Waals surface area contributed by atoms with Gasteiger partial charge in [-0.05, 0) is 24.3 Å². The molecule has 3 rings (SSSR count). The average Bonchev–Trinajstić information content (AvgIpc) is 2.96. The fourth-order valence-corrected chi connectivity index (χ4v) is 2.12. The first-order valence-corrected chi connectivity index (χ1v) is 6.48. The smallest absolute Gasteiger partial charge is 0.257 e. The van der Waals surface area contributed by atoms with Crippen LogP contribution in [0.4, 0.5) is 0 Å². The molecule has 1 N–H and O–H groups in total. The first kappa shape index (κ1) is 13.1. The fourth-order valence-electron chi connectivity index (χ4n) is 2.12. The Labute approximate surface area is 121 Å². The van der Waals surface area contributed by atoms with Gasteiger partial charge in [-0.2, -0.15) is 5.10 Å². The Kier molecular flexibility index (Phi) is 3.51. The first-order chi connectivity index (χ1) is 10.3. The number of nitrogens with zero attached hydrogens (tertiary/aromatic N) is 3. The Balaban J connectivity index is 1.77. The van der Waals surface area contributed by atoms with Crippen LogP contribution in [-0.4, -0.2) is 27.6 Å². The number of pyridine rings is 2. The van der Waals surface area contributed by atoms with Crippen molar-refractivity contribution in [1.82, 2.24) is 19.9 Å². The molecule has 3 aromatic heterocycles. The molecular weight excluding hydrogens is 268 g/mol. The summed E-state index contributed by atoms with van der Waals surface area (Å²) >= 11 is 0. The van der Waals surface area contributed by atoms with Crippen molar-refractivity contribution in [1.29, 1.82) is 0 Å². The molecular formula is C15H14N4O2. The van der Waals surface area contributed by atoms with Crippen molar-refractivity contribution in [3.8, 4) is 5.88 Å². The van der Waals surface area contributed by atoms with E-state index in [4.69, 9.17) is 4.74 Å². The zero-order chi connectivity index (χ0) is 14.7. The Morgan fingerprint density at radius 3 is 3.10 bits per heavy atom. The van der Waals surface area contributed by atoms with Crippen LogP contribution in [0.3, 0.4) is 0 Å². The number of nitrogens with one attached hydrogen (secondary N) is 1. The summed E-state index contributed by atoms with van der Waals surface area (Å²) < 4.78 is 6.86. The first-order valence-electron chi connectivity index (χ1n) is 6.48. The molecule has 0 aliphatic heterocycles. The van der Waals surface area contributed by atoms with Crippen LogP contribution in [0.5, 0.6) is 5.88 Å². The lowest BCUT2D eigenvalue weighted by molar-refractivity contribution is 0.0947. The van der Waals surface area contributed by atoms with Crippen LogP contribution in [0.15, 0.2) is 48.9 Å². The largest absolute Gasteiger partial charge is 0.480 e. The molecule has 0 saturated heterocycles. The Morgan fingerprint density at radius 1 is 1.33 bits per heavy atom. The van der Waals surface area contributed by atoms with E-state index in [0.717, 1.165) is 11.1 Å². The Morgan fingerprint density at radius 2 is 2.24 bits per heavy atom. The molecule has 3 heterocycles. The van der Waals surface area contributed by atoms with Crippen LogP contribution >= 0.6 is 0 Å². The quantitative estimate of drug-likeness (QED) is 0.790. The third-order valence-electron chi connectivity index (χ3n) is 3.15. The van der Waals surface area contributed by atoms with Crippen molar-refractivity contribution in [2.75, 3.05) is 7.11 Å². The summed E-state index contributed by atoms with van der Waals surface area (Å²) in [7, 11) is 1.49. The molecule has 0 aliphatic carbocycles. The number of fused-ring (bicyclic) bond motifs is 1. The lowest BCUT2D eigenvalue weighted by atomic mass is 10.2. The second-order valence-electron chi connectivity index (χ2n) is 4.44. The van der Waals surface area contributed by atoms with Gasteiger partial charge >= 0.3 is 0 Å². The van der Waals surface area contributed by atoms with Crippen LogP contribution in [-0.2, 0) is 6.54 Å². The molecule has 0 aliphatic rings. The standard InChI is InChI=1S/C15H14N4O2/c1-21-15-12(5-4-7-16-15)14(20)17-9-11-10-18-19-8-3-2-6-13(11)19/h2-8,10H,9H2,1H3,(H,17,20). The monoisotopic (exact) mass is 282 g/mol. The second kappa shape index (κ2) is 5.62. The van der Waals surface area contributed by atoms with E-state index in [9.17, 15) is 4.79 Å². The number of methoxy groups -OCH3 is 1. The van der Waals surface area contributed by atoms with Gasteiger partial charge in [0.25, 0.3) is 5.91 Å². The number of hydrogen-bond donors (Lipinski definition) is 1. The highest BCUT2D eigenvalue weighted by Crippen LogP contribution is 2.14. The topological polar surface area (TPSA) is 68.5 Å². The number of hydrogen-bond acceptors (Lipinski definition) is 4. The number of carbonyl (C=O) groups excluding carboxylic acids is 1. The van der Waals surface area contributed by atoms with E-state index in [1.165, 1.54) is 7.11 Å². The predicted octanol–water partition coefficient (Wildman–Crippen LogP) is 1.67. The van der Waals surface area contributed by atoms with Crippen LogP contribution in [0.25, 0.3) is 5.52 Å². The maximum atomic E-state index is 12.2. The molecule has 0 saturated carbocycles. The maximum Gasteiger partial charge on any atom is 0.257 e. The van der Waals surface area contributed by atoms with Crippen molar-refractivity contribution in [3.63, 3.8) is 0 Å². The van der Waals surface area contributed by atoms with Gasteiger partial charge in [0.1, 0.15) is 5.56 Å². The van der Waals surface area contributed by atoms with E-state index in [1.807, 2.05) is 24.4 Å². The van der Waals surface area contributed by atoms with E-state index in [0.29, 0.717) is 18.0 Å². The summed E-state index contributed by atoms with van der Waals surface area (Å²) in [5.41, 5.74) is 2.33. The van der Waals surface area contributed by atoms with Crippen molar-refractivity contribution >= 4 is 11.4 Å². The SMILES string of the molecule is COc1ncccc1C(=O)NCc1cnn2ccccc12. The molecule has 0 unspecified atom stereocenters. The summed E-state index contributed by atoms with van der Waals surface area (Å²) in [6.45, 7) is 0.393. The Hall–Kier alpha value is -2.89. The average molecular weight is 282 g/mol. The zero-order valence-corrected chi connectivity index (χ0v) is 11.5. The van der Waals surface area contributed by atoms with Crippen molar-refractivity contribution in [2.24, 2.45) is 0 Å². The molecule has 21 heavy (non-hydrogen) atoms. The number of carbonyl (C=O) groups is 1. The van der Waals surface area contributed by atoms with E-state index >= 15 is 0 Å². The summed E-state index contributed by atoms with van der Waals surface area (Å²) in [6.07, 6.45) is 5.20. The molecule has 3 aromatic rings. The van der Waals surface area contributed by atoms with Crippen LogP contribution < -0.4 is 10.1 Å². The van der Waals surface area contributed by atoms with Gasteiger partial charge in [-0.3, -0.25) is 4.79 Å². The van der Waals surface area contributed by atoms with Crippen molar-refractivity contribution in [3.05, 3.63) is 60.0 Å². The highest BCUT2D eigenvalue weighted by molar-refractivity contribution is 5.96. The minimum Gasteiger partial charge on any atom is -0.480 e. The third kappa shape index (κ3) is 2.55. The molecule has 0 bridgehead atoms. The molecule has 0 spiro atoms. The maximum absolute atomic E-state index is 12.2. The fraction of sp³-hybridized carbons (Fsp3) is 0.133. The molecule has 1 amide bonds. The Bertz CT molecular complexity index is 782. The molecule has 0 aromatic carbocycles. The van der Waals surface area contributed by atoms with Gasteiger partial charge in [-0.1, -0.05) is 6.07 Å². The minimum atomic E-state index is -0.227. The van der Waals surface area contributed by atoms with E-state index in [-0.39, 0.29) is 5.91 Å². The van der Waals surface area contributed by atoms with Crippen LogP contribution in [0.1, 0.15) is 15.9 Å². The number of ether oxygens (including phenoxy) is 1. The lowest BCUT2D eigenvalue weighted by Gasteiger charge is -2.07. The number of amides is 1. The van der Waals surface area contributed by atoms with Gasteiger partial charge in [0.05, 0.1) is 18.8 Å². The molecule has 6 heteroatoms. The molecule has 0 radical (unpaired) electrons. The lowest BCUT2D eigenvalue weighted by Crippen LogP contribution is -2.23. The summed E-state index contributed by atoms with van der Waals surface area (Å²) in [6, 6.07) is 9.18. The van der Waals surface area contributed by atoms with Gasteiger partial charge < -0.3 is 10.1 Å². The number of aromatic nitrogens is 3. The molecule has 6 nitrogen and oxygen atoms in total. The summed E-state index contributed by atoms with van der Waals surface area (Å²) in [5.74, 6) is 0.0881. The van der Waals surface area contributed by atoms with Crippen molar-refractivity contribution in [2.45, 2.75) is 6.54 Å². The highest BCUT2D eigenvalue weighted by atomic mass is 16.5. The zero-order valence-electron chi connectivity index (χ0n) is 11.5. The van der Waals surface area contributed by atoms with E-state index in [2.05, 4.69) is 15.4 Å². The van der Waals surface area contributed by atoms with Crippen molar-refractivity contribution < 1.29 is 9.53 Å². The predicted molar refractivity (Wildman–Crippen MR) is 77.2 cm³/mol. The van der Waals surface area contributed by atoms with E-state index in [1.54, 1.807) is 29.0 Å². The normalized spacial score (nSPS) is 10.5. The minimum absolute atomic E-state index is 0.227. The van der Waals surface area contributed by atoms with Gasteiger partial charge in [0, 0.05) is 24.5 Å². The van der Waals surface area contributed by atoms with E-state index < -0.39 is 0 Å². The molecule has 106 valence electrons. The summed E-state index contributed by atoms with van der Waals surface area (Å²) in [4.78, 5) is 16.2. The third-order valence-corrected chi connectivity index (χ3v) is 3.15. The second-order valence-corrected chi connectivity index (χ2v) is 4.44. The number of rotatable bonds is 4. The van der Waals surface area contributed by atoms with Gasteiger partial charge in [0.15, 0.2) is 0 Å². The van der Waals surface area contributed by atoms with Gasteiger partial charge in [-0.25, -0.2) is 9.50 Å². The molecule has 0 atom stereocenters. The van der Waals surface area contributed by atoms with Crippen LogP contribution in [0.2, 0.25) is 0 Å². The van der Waals surface area contributed by atoms with Gasteiger partial charge in [0.2, 0.25) is 5.88 Å². The van der Waals surface area contributed by atoms with Gasteiger partial charge in [-0.15, -0.1) is 0 Å². The highest BCUT2D eigenvalue weighted by Gasteiger charge is 2.13.